The van der Waals surface area contributed by atoms with Crippen molar-refractivity contribution in [3.05, 3.63) is 229 Å². The van der Waals surface area contributed by atoms with Crippen LogP contribution in [0.2, 0.25) is 0 Å². The minimum absolute atomic E-state index is 0.0124. The van der Waals surface area contributed by atoms with Crippen LogP contribution in [0.25, 0.3) is 72.0 Å². The second kappa shape index (κ2) is 13.9. The Bertz CT molecular complexity index is 4710. The van der Waals surface area contributed by atoms with Gasteiger partial charge in [0.15, 0.2) is 0 Å². The van der Waals surface area contributed by atoms with Gasteiger partial charge in [0, 0.05) is 47.2 Å². The number of rotatable bonds is 7. The minimum Gasteiger partial charge on any atom is -0.310 e. The van der Waals surface area contributed by atoms with Crippen molar-refractivity contribution < 1.29 is 41.1 Å². The van der Waals surface area contributed by atoms with E-state index in [2.05, 4.69) is 0 Å². The number of fused-ring (bicyclic) bond motifs is 6. The smallest absolute Gasteiger partial charge is 0.0651 e. The Hall–Kier alpha value is -7.42. The molecule has 0 fully saturated rings. The molecule has 11 rings (SSSR count). The summed E-state index contributed by atoms with van der Waals surface area (Å²) in [6.45, 7) is -7.94. The summed E-state index contributed by atoms with van der Waals surface area (Å²) in [6, 6.07) is -5.17. The lowest BCUT2D eigenvalue weighted by Crippen LogP contribution is -2.16. The molecule has 1 aliphatic rings. The molecule has 10 aromatic rings. The van der Waals surface area contributed by atoms with Gasteiger partial charge in [-0.25, -0.2) is 0 Å². The van der Waals surface area contributed by atoms with Crippen LogP contribution in [0.3, 0.4) is 0 Å². The van der Waals surface area contributed by atoms with Gasteiger partial charge in [-0.3, -0.25) is 0 Å². The van der Waals surface area contributed by atoms with E-state index in [0.717, 1.165) is 11.2 Å². The van der Waals surface area contributed by atoms with E-state index in [0.29, 0.717) is 21.2 Å². The number of para-hydroxylation sites is 2. The van der Waals surface area contributed by atoms with Gasteiger partial charge in [-0.05, 0) is 122 Å². The largest absolute Gasteiger partial charge is 0.310 e. The highest BCUT2D eigenvalue weighted by molar-refractivity contribution is 6.10. The molecule has 0 amide bonds. The fraction of sp³-hybridized carbons (Fsp3) is 0.0526. The van der Waals surface area contributed by atoms with Crippen molar-refractivity contribution in [1.82, 2.24) is 4.57 Å². The lowest BCUT2D eigenvalue weighted by molar-refractivity contribution is 0.660. The van der Waals surface area contributed by atoms with Gasteiger partial charge in [0.05, 0.1) is 43.9 Å². The van der Waals surface area contributed by atoms with Crippen LogP contribution < -0.4 is 4.90 Å². The molecule has 0 saturated heterocycles. The predicted molar refractivity (Wildman–Crippen MR) is 249 cm³/mol. The predicted octanol–water partition coefficient (Wildman–Crippen LogP) is 15.6. The fourth-order valence-corrected chi connectivity index (χ4v) is 7.27. The van der Waals surface area contributed by atoms with Crippen molar-refractivity contribution >= 4 is 38.9 Å². The molecule has 0 spiro atoms. The summed E-state index contributed by atoms with van der Waals surface area (Å²) in [5, 5.41) is 1.20. The Balaban J connectivity index is 1.29. The van der Waals surface area contributed by atoms with Crippen molar-refractivity contribution in [1.29, 1.82) is 0 Å². The molecule has 0 bridgehead atoms. The molecule has 1 aliphatic carbocycles. The molecule has 280 valence electrons. The lowest BCUT2D eigenvalue weighted by atomic mass is 9.82. The molecular formula is C57H42N2. The van der Waals surface area contributed by atoms with Gasteiger partial charge < -0.3 is 9.47 Å². The second-order valence-electron chi connectivity index (χ2n) is 13.4. The highest BCUT2D eigenvalue weighted by atomic mass is 15.1. The summed E-state index contributed by atoms with van der Waals surface area (Å²) >= 11 is 0. The van der Waals surface area contributed by atoms with Crippen LogP contribution in [0.15, 0.2) is 218 Å². The van der Waals surface area contributed by atoms with Crippen LogP contribution in [0.4, 0.5) is 17.1 Å². The van der Waals surface area contributed by atoms with Crippen LogP contribution in [0.1, 0.15) is 66.0 Å². The van der Waals surface area contributed by atoms with Crippen molar-refractivity contribution in [2.45, 2.75) is 19.1 Å². The maximum absolute atomic E-state index is 10.2. The van der Waals surface area contributed by atoms with Crippen LogP contribution in [-0.2, 0) is 5.41 Å². The molecule has 0 aliphatic heterocycles. The number of benzene rings is 9. The number of aromatic nitrogens is 1. The Morgan fingerprint density at radius 3 is 1.83 bits per heavy atom. The van der Waals surface area contributed by atoms with Gasteiger partial charge >= 0.3 is 0 Å². The Morgan fingerprint density at radius 2 is 1.05 bits per heavy atom. The van der Waals surface area contributed by atoms with E-state index in [-0.39, 0.29) is 5.56 Å². The molecule has 0 saturated carbocycles. The van der Waals surface area contributed by atoms with E-state index >= 15 is 0 Å². The lowest BCUT2D eigenvalue weighted by Gasteiger charge is -2.28. The minimum atomic E-state index is -3.97. The van der Waals surface area contributed by atoms with E-state index < -0.39 is 231 Å². The summed E-state index contributed by atoms with van der Waals surface area (Å²) in [5.74, 6) is 0. The quantitative estimate of drug-likeness (QED) is 0.156. The average molecular weight is 785 g/mol. The van der Waals surface area contributed by atoms with Crippen LogP contribution in [0.5, 0.6) is 0 Å². The second-order valence-corrected chi connectivity index (χ2v) is 13.4. The van der Waals surface area contributed by atoms with Gasteiger partial charge in [-0.2, -0.15) is 0 Å². The number of hydrogen-bond acceptors (Lipinski definition) is 1. The first kappa shape index (κ1) is 15.7. The highest BCUT2D eigenvalue weighted by Gasteiger charge is 2.35. The maximum atomic E-state index is 10.2. The maximum Gasteiger partial charge on any atom is 0.0651 e. The summed E-state index contributed by atoms with van der Waals surface area (Å²) in [7, 11) is 0. The highest BCUT2D eigenvalue weighted by Crippen LogP contribution is 2.51. The van der Waals surface area contributed by atoms with Crippen LogP contribution in [0, 0.1) is 0 Å². The monoisotopic (exact) mass is 785 g/mol. The SMILES string of the molecule is [2H]c1c([2H])c([2H])c(-c2c([2H])c([2H])c(-c3c([2H])c([2H])c(N(c4c([2H])c([2H])c([2H])c(-c5ccc6c(c5)c5ccccc5n6-c5ccccc5)c4[2H])c4c([2H])c([2H])c5c(c4[2H])C(C([2H])([2H])[2H])(C([2H])([2H])[2H])c4c([2H])c([2H])c([2H])c([2H])c4-5)c([2H])c3[2H])c([2H])c2[2H])c([2H])c1[2H]. The van der Waals surface area contributed by atoms with Gasteiger partial charge in [0.2, 0.25) is 0 Å². The molecule has 59 heavy (non-hydrogen) atoms. The Labute approximate surface area is 388 Å². The van der Waals surface area contributed by atoms with Crippen LogP contribution in [-0.4, -0.2) is 4.57 Å². The molecule has 9 aromatic carbocycles. The summed E-state index contributed by atoms with van der Waals surface area (Å²) < 4.78 is 277. The van der Waals surface area contributed by atoms with Crippen LogP contribution >= 0.6 is 0 Å². The Morgan fingerprint density at radius 1 is 0.441 bits per heavy atom. The summed E-state index contributed by atoms with van der Waals surface area (Å²) in [5.41, 5.74) is -13.3. The van der Waals surface area contributed by atoms with Gasteiger partial charge in [0.25, 0.3) is 0 Å². The van der Waals surface area contributed by atoms with E-state index in [1.165, 1.54) is 6.07 Å². The van der Waals surface area contributed by atoms with E-state index in [4.69, 9.17) is 23.3 Å². The zero-order valence-electron chi connectivity index (χ0n) is 60.3. The van der Waals surface area contributed by atoms with Crippen molar-refractivity contribution in [2.24, 2.45) is 0 Å². The number of nitrogens with zero attached hydrogens (tertiary/aromatic N) is 2. The summed E-state index contributed by atoms with van der Waals surface area (Å²) in [4.78, 5) is 0.358. The zero-order valence-corrected chi connectivity index (χ0v) is 30.3. The topological polar surface area (TPSA) is 8.17 Å². The van der Waals surface area contributed by atoms with Crippen molar-refractivity contribution in [3.8, 4) is 50.2 Å². The van der Waals surface area contributed by atoms with Gasteiger partial charge in [0.1, 0.15) is 0 Å². The molecule has 0 radical (unpaired) electrons. The normalized spacial score (nSPS) is 20.3. The van der Waals surface area contributed by atoms with E-state index in [9.17, 15) is 17.8 Å². The summed E-state index contributed by atoms with van der Waals surface area (Å²) in [6.07, 6.45) is 0. The third-order valence-corrected chi connectivity index (χ3v) is 9.98. The van der Waals surface area contributed by atoms with E-state index in [1.54, 1.807) is 18.2 Å². The number of anilines is 3. The number of hydrogen-bond donors (Lipinski definition) is 0. The Kier molecular flexibility index (Phi) is 3.71. The van der Waals surface area contributed by atoms with Crippen molar-refractivity contribution in [2.75, 3.05) is 4.90 Å². The first-order valence-corrected chi connectivity index (χ1v) is 18.1. The molecule has 2 heteroatoms. The third-order valence-electron chi connectivity index (χ3n) is 9.98. The van der Waals surface area contributed by atoms with E-state index in [1.807, 2.05) is 53.1 Å². The zero-order chi connectivity index (χ0) is 65.4. The van der Waals surface area contributed by atoms with Gasteiger partial charge in [-0.15, -0.1) is 0 Å². The first-order chi connectivity index (χ1) is 41.5. The third kappa shape index (κ3) is 5.87. The van der Waals surface area contributed by atoms with Gasteiger partial charge in [-0.1, -0.05) is 165 Å². The molecule has 0 unspecified atom stereocenters. The first-order valence-electron chi connectivity index (χ1n) is 33.1. The van der Waals surface area contributed by atoms with Crippen molar-refractivity contribution in [3.63, 3.8) is 0 Å². The molecular weight excluding hydrogens is 713 g/mol. The molecule has 2 nitrogen and oxygen atoms in total. The average Bonchev–Trinajstić information content (AvgIpc) is 1.53. The molecule has 1 heterocycles. The molecule has 0 N–H and O–H groups in total. The molecule has 1 aromatic heterocycles. The fourth-order valence-electron chi connectivity index (χ4n) is 7.27. The standard InChI is InChI=1S/C57H42N2/c1-57(2)53-22-11-9-20-49(53)50-34-33-48(38-54(50)57)58(46-31-28-42(29-32-46)41-26-24-40(25-27-41)39-14-5-3-6-15-39)47-19-13-16-43(36-47)44-30-35-56-52(37-44)51-21-10-12-23-55(51)59(56)45-17-7-4-8-18-45/h3-38H,1-2H3/i1D3,2D3,3D,5D,6D,9D,11D,13D,14D,15D,16D,19D,20D,22D,24D,25D,26D,27D,28D,29D,31D,32D,33D,34D,36D,38D. The molecule has 0 atom stereocenters.